The molecule has 0 bridgehead atoms. The summed E-state index contributed by atoms with van der Waals surface area (Å²) in [5.74, 6) is -1.87. The number of hydrogen-bond donors (Lipinski definition) is 4. The van der Waals surface area contributed by atoms with Gasteiger partial charge in [-0.1, -0.05) is 23.7 Å². The van der Waals surface area contributed by atoms with Crippen LogP contribution in [0.3, 0.4) is 0 Å². The van der Waals surface area contributed by atoms with E-state index in [1.165, 1.54) is 4.90 Å². The summed E-state index contributed by atoms with van der Waals surface area (Å²) in [6, 6.07) is 8.60. The predicted octanol–water partition coefficient (Wildman–Crippen LogP) is 3.07. The summed E-state index contributed by atoms with van der Waals surface area (Å²) in [5, 5.41) is 21.4. The fourth-order valence-corrected chi connectivity index (χ4v) is 4.59. The first-order chi connectivity index (χ1) is 16.0. The number of aromatic hydroxyl groups is 1. The van der Waals surface area contributed by atoms with E-state index in [2.05, 4.69) is 0 Å². The van der Waals surface area contributed by atoms with Gasteiger partial charge in [0.05, 0.1) is 11.1 Å². The molecule has 1 aliphatic heterocycles. The smallest absolute Gasteiger partial charge is 0.507 e. The number of phenolic OH excluding ortho intramolecular Hbond substituents is 1. The topological polar surface area (TPSA) is 141 Å². The Morgan fingerprint density at radius 1 is 1.31 bits per heavy atom. The maximum Gasteiger partial charge on any atom is 0.524 e. The number of likely N-dealkylation sites (N-methyl/N-ethyl adjacent to an activating group) is 1. The second kappa shape index (κ2) is 8.51. The first-order valence-electron chi connectivity index (χ1n) is 10.7. The van der Waals surface area contributed by atoms with Gasteiger partial charge in [0.25, 0.3) is 0 Å². The first kappa shape index (κ1) is 20.2. The average molecular weight is 484 g/mol. The second-order valence-electron chi connectivity index (χ2n) is 7.51. The van der Waals surface area contributed by atoms with Gasteiger partial charge in [-0.15, -0.1) is 0 Å². The lowest BCUT2D eigenvalue weighted by Crippen LogP contribution is -2.40. The van der Waals surface area contributed by atoms with Crippen LogP contribution in [0.25, 0.3) is 22.3 Å². The minimum Gasteiger partial charge on any atom is -0.507 e. The number of phenols is 1. The number of rotatable bonds is 4. The van der Waals surface area contributed by atoms with Crippen LogP contribution in [0.1, 0.15) is 20.6 Å². The Bertz CT molecular complexity index is 1340. The molecule has 2 atom stereocenters. The molecule has 11 heteroatoms. The molecule has 0 amide bonds. The largest absolute Gasteiger partial charge is 0.524 e. The third-order valence-corrected chi connectivity index (χ3v) is 6.09. The van der Waals surface area contributed by atoms with Crippen LogP contribution in [0.2, 0.25) is 5.02 Å². The summed E-state index contributed by atoms with van der Waals surface area (Å²) < 4.78 is 37.6. The van der Waals surface area contributed by atoms with Gasteiger partial charge in [0.15, 0.2) is 5.43 Å². The maximum absolute atomic E-state index is 13.0. The first-order valence-corrected chi connectivity index (χ1v) is 11.5. The molecule has 0 aliphatic carbocycles. The molecule has 1 aliphatic rings. The maximum atomic E-state index is 13.0. The quantitative estimate of drug-likeness (QED) is 0.412. The second-order valence-corrected chi connectivity index (χ2v) is 9.08. The Kier molecular flexibility index (Phi) is 5.38. The van der Waals surface area contributed by atoms with Gasteiger partial charge >= 0.3 is 7.82 Å². The predicted molar refractivity (Wildman–Crippen MR) is 118 cm³/mol. The highest BCUT2D eigenvalue weighted by Gasteiger charge is 2.35. The molecule has 0 saturated carbocycles. The van der Waals surface area contributed by atoms with Crippen molar-refractivity contribution in [1.82, 2.24) is 4.90 Å². The Hall–Kier alpha value is -2.39. The molecule has 0 spiro atoms. The van der Waals surface area contributed by atoms with Crippen molar-refractivity contribution in [2.24, 2.45) is 0 Å². The number of likely N-dealkylation sites (tertiary alicyclic amines) is 1. The van der Waals surface area contributed by atoms with Crippen LogP contribution in [0, 0.1) is 0 Å². The van der Waals surface area contributed by atoms with Crippen LogP contribution >= 0.6 is 19.4 Å². The normalized spacial score (nSPS) is 20.9. The van der Waals surface area contributed by atoms with Gasteiger partial charge in [-0.25, -0.2) is 4.57 Å². The third kappa shape index (κ3) is 4.41. The van der Waals surface area contributed by atoms with E-state index in [1.54, 1.807) is 24.3 Å². The Morgan fingerprint density at radius 3 is 2.72 bits per heavy atom. The standard InChI is InChI=1S/C21H21ClNO8P/c1-23-7-6-12(16(26)10-23)19-18(31-32(27,28)29)9-15(25)20-14(24)8-17(30-21(19)20)11-4-2-3-5-13(11)22/h2-5,8-9,12,16,25-26H,6-7,10H2,1H3,(H2,27,28,29)/t12-,16+/m0/s1/i1D2. The summed E-state index contributed by atoms with van der Waals surface area (Å²) in [5.41, 5.74) is -0.490. The van der Waals surface area contributed by atoms with Crippen LogP contribution in [-0.2, 0) is 4.57 Å². The minimum absolute atomic E-state index is 0.0132. The third-order valence-electron chi connectivity index (χ3n) is 5.32. The number of halogens is 1. The summed E-state index contributed by atoms with van der Waals surface area (Å²) in [6.07, 6.45) is -1.03. The van der Waals surface area contributed by atoms with Gasteiger partial charge in [-0.2, -0.15) is 0 Å². The van der Waals surface area contributed by atoms with E-state index in [9.17, 15) is 29.4 Å². The van der Waals surface area contributed by atoms with E-state index in [-0.39, 0.29) is 46.8 Å². The van der Waals surface area contributed by atoms with Gasteiger partial charge < -0.3 is 24.1 Å². The number of fused-ring (bicyclic) bond motifs is 1. The lowest BCUT2D eigenvalue weighted by Gasteiger charge is -2.34. The molecule has 4 rings (SSSR count). The summed E-state index contributed by atoms with van der Waals surface area (Å²) >= 11 is 6.25. The summed E-state index contributed by atoms with van der Waals surface area (Å²) in [7, 11) is -5.10. The van der Waals surface area contributed by atoms with E-state index < -0.39 is 43.8 Å². The van der Waals surface area contributed by atoms with Crippen LogP contribution < -0.4 is 9.95 Å². The molecular formula is C21H21ClNO8P. The number of β-amino-alcohol motifs (C(OH)–C–C–N with tert-alkyl or cyclic N) is 1. The number of phosphoric acid groups is 1. The fraction of sp³-hybridized carbons (Fsp3) is 0.286. The van der Waals surface area contributed by atoms with Gasteiger partial charge in [-0.05, 0) is 32.1 Å². The highest BCUT2D eigenvalue weighted by molar-refractivity contribution is 7.46. The van der Waals surface area contributed by atoms with Crippen LogP contribution in [0.5, 0.6) is 11.5 Å². The Morgan fingerprint density at radius 2 is 2.06 bits per heavy atom. The van der Waals surface area contributed by atoms with Crippen LogP contribution in [0.15, 0.2) is 45.6 Å². The molecule has 3 aromatic rings. The van der Waals surface area contributed by atoms with E-state index >= 15 is 0 Å². The average Bonchev–Trinajstić information content (AvgIpc) is 2.73. The van der Waals surface area contributed by atoms with E-state index in [4.69, 9.17) is 23.3 Å². The van der Waals surface area contributed by atoms with Crippen molar-refractivity contribution in [3.8, 4) is 22.8 Å². The molecule has 1 aromatic heterocycles. The van der Waals surface area contributed by atoms with Crippen LogP contribution in [0.4, 0.5) is 0 Å². The molecule has 0 radical (unpaired) electrons. The van der Waals surface area contributed by atoms with E-state index in [1.807, 2.05) is 0 Å². The summed E-state index contributed by atoms with van der Waals surface area (Å²) in [6.45, 7) is -1.18. The number of aliphatic hydroxyl groups is 1. The molecule has 0 unspecified atom stereocenters. The number of piperidine rings is 1. The number of benzene rings is 2. The monoisotopic (exact) mass is 483 g/mol. The van der Waals surface area contributed by atoms with E-state index in [0.29, 0.717) is 5.56 Å². The number of phosphoric ester groups is 1. The van der Waals surface area contributed by atoms with Crippen molar-refractivity contribution in [1.29, 1.82) is 0 Å². The fourth-order valence-electron chi connectivity index (χ4n) is 3.95. The molecule has 4 N–H and O–H groups in total. The molecule has 9 nitrogen and oxygen atoms in total. The van der Waals surface area contributed by atoms with Crippen molar-refractivity contribution in [3.05, 3.63) is 57.2 Å². The van der Waals surface area contributed by atoms with Crippen molar-refractivity contribution in [2.75, 3.05) is 20.1 Å². The van der Waals surface area contributed by atoms with Gasteiger partial charge in [-0.3, -0.25) is 14.6 Å². The van der Waals surface area contributed by atoms with Crippen molar-refractivity contribution >= 4 is 30.4 Å². The van der Waals surface area contributed by atoms with Gasteiger partial charge in [0.1, 0.15) is 28.2 Å². The zero-order valence-electron chi connectivity index (χ0n) is 18.5. The number of hydrogen-bond acceptors (Lipinski definition) is 7. The highest BCUT2D eigenvalue weighted by atomic mass is 35.5. The van der Waals surface area contributed by atoms with Crippen molar-refractivity contribution < 1.29 is 36.2 Å². The molecular weight excluding hydrogens is 461 g/mol. The van der Waals surface area contributed by atoms with E-state index in [0.717, 1.165) is 12.1 Å². The SMILES string of the molecule is [2H]C([2H])N1CC[C@H](c2c(OP(=O)(O)O)cc(O)c3c(=O)cc(-c4ccccc4Cl)oc23)[C@H](O)C1. The van der Waals surface area contributed by atoms with Gasteiger partial charge in [0.2, 0.25) is 0 Å². The molecule has 32 heavy (non-hydrogen) atoms. The molecule has 2 heterocycles. The van der Waals surface area contributed by atoms with Crippen molar-refractivity contribution in [2.45, 2.75) is 18.4 Å². The van der Waals surface area contributed by atoms with Crippen LogP contribution in [-0.4, -0.2) is 51.1 Å². The number of aliphatic hydroxyl groups excluding tert-OH is 1. The number of nitrogens with zero attached hydrogens (tertiary/aromatic N) is 1. The van der Waals surface area contributed by atoms with Gasteiger partial charge in [0, 0.05) is 38.5 Å². The molecule has 170 valence electrons. The Balaban J connectivity index is 1.99. The lowest BCUT2D eigenvalue weighted by molar-refractivity contribution is 0.0632. The highest BCUT2D eigenvalue weighted by Crippen LogP contribution is 2.48. The molecule has 2 aromatic carbocycles. The molecule has 1 saturated heterocycles. The Labute approximate surface area is 190 Å². The minimum atomic E-state index is -5.10. The summed E-state index contributed by atoms with van der Waals surface area (Å²) in [4.78, 5) is 33.3. The zero-order chi connectivity index (χ0) is 24.8. The van der Waals surface area contributed by atoms with Crippen molar-refractivity contribution in [3.63, 3.8) is 0 Å². The zero-order valence-corrected chi connectivity index (χ0v) is 18.2. The molecule has 1 fully saturated rings. The lowest BCUT2D eigenvalue weighted by atomic mass is 9.85.